The van der Waals surface area contributed by atoms with E-state index in [4.69, 9.17) is 9.47 Å². The number of rotatable bonds is 7. The van der Waals surface area contributed by atoms with Crippen LogP contribution in [0.2, 0.25) is 0 Å². The molecule has 0 aliphatic carbocycles. The van der Waals surface area contributed by atoms with E-state index in [0.29, 0.717) is 40.5 Å². The summed E-state index contributed by atoms with van der Waals surface area (Å²) in [7, 11) is 0. The van der Waals surface area contributed by atoms with Gasteiger partial charge in [0.1, 0.15) is 22.0 Å². The van der Waals surface area contributed by atoms with Crippen LogP contribution in [0.5, 0.6) is 0 Å². The zero-order chi connectivity index (χ0) is 19.9. The van der Waals surface area contributed by atoms with Crippen LogP contribution in [0.1, 0.15) is 22.3 Å². The molecule has 0 unspecified atom stereocenters. The first-order valence-corrected chi connectivity index (χ1v) is 10.6. The van der Waals surface area contributed by atoms with Crippen LogP contribution in [0.25, 0.3) is 0 Å². The number of nitrogens with one attached hydrogen (secondary N) is 1. The molecule has 0 atom stereocenters. The quantitative estimate of drug-likeness (QED) is 0.406. The minimum Gasteiger partial charge on any atom is -0.462 e. The summed E-state index contributed by atoms with van der Waals surface area (Å²) in [6, 6.07) is 1.87. The SMILES string of the molecule is CCOC(=O)c1sc(NC(=O)CSc2cc(N3CCOCC3)ncn2)nc1C. The van der Waals surface area contributed by atoms with Crippen LogP contribution in [-0.2, 0) is 14.3 Å². The van der Waals surface area contributed by atoms with E-state index >= 15 is 0 Å². The van der Waals surface area contributed by atoms with Crippen molar-refractivity contribution in [1.82, 2.24) is 15.0 Å². The number of amides is 1. The van der Waals surface area contributed by atoms with Crippen LogP contribution in [0, 0.1) is 6.92 Å². The molecule has 0 saturated carbocycles. The summed E-state index contributed by atoms with van der Waals surface area (Å²) < 4.78 is 10.3. The minimum absolute atomic E-state index is 0.174. The second-order valence-electron chi connectivity index (χ2n) is 5.80. The summed E-state index contributed by atoms with van der Waals surface area (Å²) in [4.78, 5) is 39.3. The molecule has 0 bridgehead atoms. The number of ether oxygens (including phenoxy) is 2. The Morgan fingerprint density at radius 3 is 2.89 bits per heavy atom. The first kappa shape index (κ1) is 20.5. The van der Waals surface area contributed by atoms with Crippen molar-refractivity contribution >= 4 is 45.9 Å². The monoisotopic (exact) mass is 423 g/mol. The van der Waals surface area contributed by atoms with E-state index in [1.807, 2.05) is 6.07 Å². The second-order valence-corrected chi connectivity index (χ2v) is 7.80. The van der Waals surface area contributed by atoms with Crippen molar-refractivity contribution in [1.29, 1.82) is 0 Å². The molecule has 28 heavy (non-hydrogen) atoms. The van der Waals surface area contributed by atoms with Gasteiger partial charge in [0.05, 0.1) is 31.3 Å². The summed E-state index contributed by atoms with van der Waals surface area (Å²) in [6.45, 7) is 6.67. The number of anilines is 2. The van der Waals surface area contributed by atoms with E-state index in [-0.39, 0.29) is 11.7 Å². The smallest absolute Gasteiger partial charge is 0.350 e. The Bertz CT molecular complexity index is 839. The summed E-state index contributed by atoms with van der Waals surface area (Å²) in [5.41, 5.74) is 0.539. The van der Waals surface area contributed by atoms with Gasteiger partial charge in [-0.25, -0.2) is 19.7 Å². The van der Waals surface area contributed by atoms with Crippen molar-refractivity contribution in [2.75, 3.05) is 48.9 Å². The Morgan fingerprint density at radius 2 is 2.14 bits per heavy atom. The molecule has 1 aliphatic heterocycles. The lowest BCUT2D eigenvalue weighted by Gasteiger charge is -2.27. The van der Waals surface area contributed by atoms with E-state index in [9.17, 15) is 9.59 Å². The van der Waals surface area contributed by atoms with E-state index < -0.39 is 5.97 Å². The van der Waals surface area contributed by atoms with Crippen molar-refractivity contribution in [3.8, 4) is 0 Å². The maximum Gasteiger partial charge on any atom is 0.350 e. The summed E-state index contributed by atoms with van der Waals surface area (Å²) >= 11 is 2.42. The Kier molecular flexibility index (Phi) is 7.18. The molecule has 11 heteroatoms. The van der Waals surface area contributed by atoms with Gasteiger partial charge in [0.25, 0.3) is 0 Å². The minimum atomic E-state index is -0.427. The third-order valence-corrected chi connectivity index (χ3v) is 5.80. The average molecular weight is 424 g/mol. The highest BCUT2D eigenvalue weighted by Gasteiger charge is 2.18. The van der Waals surface area contributed by atoms with E-state index in [1.165, 1.54) is 18.1 Å². The number of aryl methyl sites for hydroxylation is 1. The highest BCUT2D eigenvalue weighted by molar-refractivity contribution is 7.99. The fraction of sp³-hybridized carbons (Fsp3) is 0.471. The van der Waals surface area contributed by atoms with E-state index in [0.717, 1.165) is 30.2 Å². The number of hydrogen-bond acceptors (Lipinski definition) is 10. The summed E-state index contributed by atoms with van der Waals surface area (Å²) in [5, 5.41) is 3.81. The zero-order valence-corrected chi connectivity index (χ0v) is 17.3. The second kappa shape index (κ2) is 9.80. The molecule has 1 fully saturated rings. The Labute approximate surface area is 170 Å². The fourth-order valence-electron chi connectivity index (χ4n) is 2.50. The highest BCUT2D eigenvalue weighted by atomic mass is 32.2. The normalized spacial score (nSPS) is 14.0. The van der Waals surface area contributed by atoms with Gasteiger partial charge in [-0.05, 0) is 13.8 Å². The number of hydrogen-bond donors (Lipinski definition) is 1. The number of morpholine rings is 1. The van der Waals surface area contributed by atoms with Gasteiger partial charge < -0.3 is 19.7 Å². The third-order valence-electron chi connectivity index (χ3n) is 3.82. The first-order chi connectivity index (χ1) is 13.6. The fourth-order valence-corrected chi connectivity index (χ4v) is 4.04. The van der Waals surface area contributed by atoms with Crippen molar-refractivity contribution in [2.24, 2.45) is 0 Å². The number of carbonyl (C=O) groups excluding carboxylic acids is 2. The molecule has 3 heterocycles. The number of esters is 1. The van der Waals surface area contributed by atoms with Gasteiger partial charge in [-0.2, -0.15) is 0 Å². The third kappa shape index (κ3) is 5.40. The first-order valence-electron chi connectivity index (χ1n) is 8.78. The van der Waals surface area contributed by atoms with Crippen LogP contribution < -0.4 is 10.2 Å². The highest BCUT2D eigenvalue weighted by Crippen LogP contribution is 2.24. The van der Waals surface area contributed by atoms with Gasteiger partial charge in [-0.3, -0.25) is 4.79 Å². The maximum atomic E-state index is 12.2. The van der Waals surface area contributed by atoms with Crippen molar-refractivity contribution in [3.05, 3.63) is 23.0 Å². The molecule has 0 radical (unpaired) electrons. The molecule has 2 aromatic rings. The number of nitrogens with zero attached hydrogens (tertiary/aromatic N) is 4. The largest absolute Gasteiger partial charge is 0.462 e. The lowest BCUT2D eigenvalue weighted by atomic mass is 10.4. The van der Waals surface area contributed by atoms with Crippen LogP contribution in [-0.4, -0.2) is 65.5 Å². The Balaban J connectivity index is 1.54. The topological polar surface area (TPSA) is 107 Å². The average Bonchev–Trinajstić information content (AvgIpc) is 3.07. The number of carbonyl (C=O) groups is 2. The van der Waals surface area contributed by atoms with Crippen LogP contribution in [0.15, 0.2) is 17.4 Å². The van der Waals surface area contributed by atoms with Crippen LogP contribution in [0.4, 0.5) is 10.9 Å². The van der Waals surface area contributed by atoms with Gasteiger partial charge in [-0.15, -0.1) is 0 Å². The Hall–Kier alpha value is -2.24. The lowest BCUT2D eigenvalue weighted by Crippen LogP contribution is -2.36. The van der Waals surface area contributed by atoms with Crippen molar-refractivity contribution in [3.63, 3.8) is 0 Å². The molecule has 1 N–H and O–H groups in total. The molecule has 1 amide bonds. The molecule has 3 rings (SSSR count). The van der Waals surface area contributed by atoms with Crippen LogP contribution >= 0.6 is 23.1 Å². The van der Waals surface area contributed by atoms with Crippen LogP contribution in [0.3, 0.4) is 0 Å². The van der Waals surface area contributed by atoms with Gasteiger partial charge in [0.15, 0.2) is 5.13 Å². The molecule has 1 saturated heterocycles. The molecule has 9 nitrogen and oxygen atoms in total. The predicted octanol–water partition coefficient (Wildman–Crippen LogP) is 1.99. The summed E-state index contributed by atoms with van der Waals surface area (Å²) in [6.07, 6.45) is 1.50. The predicted molar refractivity (Wildman–Crippen MR) is 107 cm³/mol. The van der Waals surface area contributed by atoms with E-state index in [2.05, 4.69) is 25.2 Å². The zero-order valence-electron chi connectivity index (χ0n) is 15.6. The number of thioether (sulfide) groups is 1. The van der Waals surface area contributed by atoms with Crippen molar-refractivity contribution < 1.29 is 19.1 Å². The molecule has 150 valence electrons. The lowest BCUT2D eigenvalue weighted by molar-refractivity contribution is -0.113. The maximum absolute atomic E-state index is 12.2. The summed E-state index contributed by atoms with van der Waals surface area (Å²) in [5.74, 6) is 0.355. The number of aromatic nitrogens is 3. The van der Waals surface area contributed by atoms with E-state index in [1.54, 1.807) is 13.8 Å². The molecule has 0 spiro atoms. The van der Waals surface area contributed by atoms with Crippen molar-refractivity contribution in [2.45, 2.75) is 18.9 Å². The molecular weight excluding hydrogens is 402 g/mol. The number of thiazole rings is 1. The molecule has 2 aromatic heterocycles. The van der Waals surface area contributed by atoms with Gasteiger partial charge in [0.2, 0.25) is 5.91 Å². The standard InChI is InChI=1S/C17H21N5O4S2/c1-3-26-16(24)15-11(2)20-17(28-15)21-13(23)9-27-14-8-12(18-10-19-14)22-4-6-25-7-5-22/h8,10H,3-7,9H2,1-2H3,(H,20,21,23). The molecule has 0 aromatic carbocycles. The van der Waals surface area contributed by atoms with Gasteiger partial charge >= 0.3 is 5.97 Å². The van der Waals surface area contributed by atoms with Gasteiger partial charge in [-0.1, -0.05) is 23.1 Å². The Morgan fingerprint density at radius 1 is 1.36 bits per heavy atom. The van der Waals surface area contributed by atoms with Gasteiger partial charge in [0, 0.05) is 19.2 Å². The molecule has 1 aliphatic rings. The molecular formula is C17H21N5O4S2.